The van der Waals surface area contributed by atoms with Crippen LogP contribution < -0.4 is 5.32 Å². The second-order valence-electron chi connectivity index (χ2n) is 3.77. The van der Waals surface area contributed by atoms with Gasteiger partial charge in [-0.05, 0) is 25.9 Å². The highest BCUT2D eigenvalue weighted by atomic mass is 19.1. The van der Waals surface area contributed by atoms with E-state index < -0.39 is 5.67 Å². The van der Waals surface area contributed by atoms with Gasteiger partial charge in [0, 0.05) is 25.0 Å². The summed E-state index contributed by atoms with van der Waals surface area (Å²) in [6.45, 7) is 1.52. The summed E-state index contributed by atoms with van der Waals surface area (Å²) in [5.74, 6) is 0. The van der Waals surface area contributed by atoms with Crippen LogP contribution in [0, 0.1) is 0 Å². The highest BCUT2D eigenvalue weighted by Crippen LogP contribution is 2.26. The summed E-state index contributed by atoms with van der Waals surface area (Å²) in [6, 6.07) is 0. The number of piperidine rings is 1. The SMILES string of the molecule is FC1(Cc2cnccn2)CCNCC1. The van der Waals surface area contributed by atoms with Gasteiger partial charge in [0.2, 0.25) is 0 Å². The van der Waals surface area contributed by atoms with Gasteiger partial charge in [0.05, 0.1) is 5.69 Å². The first kappa shape index (κ1) is 9.52. The first-order valence-electron chi connectivity index (χ1n) is 4.93. The van der Waals surface area contributed by atoms with E-state index in [9.17, 15) is 4.39 Å². The van der Waals surface area contributed by atoms with Gasteiger partial charge < -0.3 is 5.32 Å². The lowest BCUT2D eigenvalue weighted by Gasteiger charge is -2.29. The van der Waals surface area contributed by atoms with E-state index in [4.69, 9.17) is 0 Å². The molecule has 0 aromatic carbocycles. The monoisotopic (exact) mass is 195 g/mol. The normalized spacial score (nSPS) is 20.6. The summed E-state index contributed by atoms with van der Waals surface area (Å²) < 4.78 is 14.2. The number of halogens is 1. The molecule has 1 N–H and O–H groups in total. The smallest absolute Gasteiger partial charge is 0.119 e. The summed E-state index contributed by atoms with van der Waals surface area (Å²) >= 11 is 0. The Balaban J connectivity index is 2.02. The minimum atomic E-state index is -1.08. The molecule has 4 heteroatoms. The van der Waals surface area contributed by atoms with Crippen molar-refractivity contribution in [2.75, 3.05) is 13.1 Å². The lowest BCUT2D eigenvalue weighted by Crippen LogP contribution is -2.40. The molecule has 0 aliphatic carbocycles. The van der Waals surface area contributed by atoms with Crippen LogP contribution in [0.5, 0.6) is 0 Å². The molecule has 1 aliphatic rings. The van der Waals surface area contributed by atoms with Crippen molar-refractivity contribution in [3.63, 3.8) is 0 Å². The Morgan fingerprint density at radius 2 is 2.14 bits per heavy atom. The van der Waals surface area contributed by atoms with Crippen LogP contribution in [0.2, 0.25) is 0 Å². The van der Waals surface area contributed by atoms with E-state index in [0.717, 1.165) is 18.8 Å². The predicted molar refractivity (Wildman–Crippen MR) is 51.7 cm³/mol. The molecule has 1 fully saturated rings. The third-order valence-electron chi connectivity index (χ3n) is 2.61. The Hall–Kier alpha value is -1.03. The maximum Gasteiger partial charge on any atom is 0.119 e. The molecule has 1 saturated heterocycles. The standard InChI is InChI=1S/C10H14FN3/c11-10(1-3-12-4-2-10)7-9-8-13-5-6-14-9/h5-6,8,12H,1-4,7H2. The van der Waals surface area contributed by atoms with Crippen LogP contribution in [0.3, 0.4) is 0 Å². The Bertz CT molecular complexity index is 283. The number of aromatic nitrogens is 2. The maximum absolute atomic E-state index is 14.2. The van der Waals surface area contributed by atoms with Gasteiger partial charge in [0.25, 0.3) is 0 Å². The van der Waals surface area contributed by atoms with Crippen LogP contribution in [-0.2, 0) is 6.42 Å². The van der Waals surface area contributed by atoms with Crippen molar-refractivity contribution < 1.29 is 4.39 Å². The highest BCUT2D eigenvalue weighted by molar-refractivity contribution is 5.02. The molecule has 0 saturated carbocycles. The van der Waals surface area contributed by atoms with Crippen molar-refractivity contribution >= 4 is 0 Å². The fraction of sp³-hybridized carbons (Fsp3) is 0.600. The van der Waals surface area contributed by atoms with Gasteiger partial charge in [-0.3, -0.25) is 9.97 Å². The molecule has 1 aliphatic heterocycles. The summed E-state index contributed by atoms with van der Waals surface area (Å²) in [5, 5.41) is 3.15. The van der Waals surface area contributed by atoms with Gasteiger partial charge in [-0.15, -0.1) is 0 Å². The fourth-order valence-electron chi connectivity index (χ4n) is 1.80. The first-order valence-corrected chi connectivity index (χ1v) is 4.93. The Kier molecular flexibility index (Phi) is 2.72. The van der Waals surface area contributed by atoms with Crippen LogP contribution in [0.15, 0.2) is 18.6 Å². The van der Waals surface area contributed by atoms with E-state index >= 15 is 0 Å². The Morgan fingerprint density at radius 3 is 2.79 bits per heavy atom. The zero-order chi connectivity index (χ0) is 9.86. The third kappa shape index (κ3) is 2.26. The van der Waals surface area contributed by atoms with Gasteiger partial charge in [0.15, 0.2) is 0 Å². The molecule has 0 unspecified atom stereocenters. The first-order chi connectivity index (χ1) is 6.79. The van der Waals surface area contributed by atoms with Crippen molar-refractivity contribution in [3.8, 4) is 0 Å². The Labute approximate surface area is 82.8 Å². The summed E-state index contributed by atoms with van der Waals surface area (Å²) in [6.07, 6.45) is 6.40. The van der Waals surface area contributed by atoms with E-state index in [2.05, 4.69) is 15.3 Å². The number of rotatable bonds is 2. The lowest BCUT2D eigenvalue weighted by atomic mass is 9.90. The van der Waals surface area contributed by atoms with E-state index in [1.165, 1.54) is 0 Å². The van der Waals surface area contributed by atoms with Crippen LogP contribution in [0.1, 0.15) is 18.5 Å². The van der Waals surface area contributed by atoms with E-state index in [1.54, 1.807) is 18.6 Å². The van der Waals surface area contributed by atoms with Crippen LogP contribution in [0.4, 0.5) is 4.39 Å². The highest BCUT2D eigenvalue weighted by Gasteiger charge is 2.32. The number of nitrogens with one attached hydrogen (secondary N) is 1. The molecule has 0 amide bonds. The second kappa shape index (κ2) is 4.00. The molecule has 2 rings (SSSR count). The van der Waals surface area contributed by atoms with Crippen molar-refractivity contribution in [2.45, 2.75) is 24.9 Å². The van der Waals surface area contributed by atoms with Crippen molar-refractivity contribution in [1.82, 2.24) is 15.3 Å². The average molecular weight is 195 g/mol. The minimum Gasteiger partial charge on any atom is -0.316 e. The van der Waals surface area contributed by atoms with Gasteiger partial charge in [-0.2, -0.15) is 0 Å². The average Bonchev–Trinajstić information content (AvgIpc) is 2.19. The van der Waals surface area contributed by atoms with Crippen molar-refractivity contribution in [3.05, 3.63) is 24.3 Å². The largest absolute Gasteiger partial charge is 0.316 e. The molecule has 0 spiro atoms. The van der Waals surface area contributed by atoms with Gasteiger partial charge in [-0.25, -0.2) is 4.39 Å². The maximum atomic E-state index is 14.2. The lowest BCUT2D eigenvalue weighted by molar-refractivity contribution is 0.115. The molecule has 3 nitrogen and oxygen atoms in total. The van der Waals surface area contributed by atoms with Gasteiger partial charge in [0.1, 0.15) is 5.67 Å². The van der Waals surface area contributed by atoms with Crippen molar-refractivity contribution in [2.24, 2.45) is 0 Å². The zero-order valence-electron chi connectivity index (χ0n) is 8.04. The molecule has 0 atom stereocenters. The quantitative estimate of drug-likeness (QED) is 0.768. The third-order valence-corrected chi connectivity index (χ3v) is 2.61. The number of hydrogen-bond donors (Lipinski definition) is 1. The van der Waals surface area contributed by atoms with E-state index in [0.29, 0.717) is 19.3 Å². The Morgan fingerprint density at radius 1 is 1.36 bits per heavy atom. The molecular formula is C10H14FN3. The summed E-state index contributed by atoms with van der Waals surface area (Å²) in [7, 11) is 0. The van der Waals surface area contributed by atoms with Crippen LogP contribution in [0.25, 0.3) is 0 Å². The summed E-state index contributed by atoms with van der Waals surface area (Å²) in [4.78, 5) is 8.03. The summed E-state index contributed by atoms with van der Waals surface area (Å²) in [5.41, 5.74) is -0.335. The predicted octanol–water partition coefficient (Wildman–Crippen LogP) is 1.11. The molecule has 0 radical (unpaired) electrons. The molecule has 0 bridgehead atoms. The number of alkyl halides is 1. The van der Waals surface area contributed by atoms with Crippen molar-refractivity contribution in [1.29, 1.82) is 0 Å². The topological polar surface area (TPSA) is 37.8 Å². The van der Waals surface area contributed by atoms with Gasteiger partial charge in [-0.1, -0.05) is 0 Å². The molecule has 1 aromatic rings. The molecular weight excluding hydrogens is 181 g/mol. The van der Waals surface area contributed by atoms with Crippen LogP contribution in [-0.4, -0.2) is 28.7 Å². The molecule has 2 heterocycles. The second-order valence-corrected chi connectivity index (χ2v) is 3.77. The van der Waals surface area contributed by atoms with E-state index in [-0.39, 0.29) is 0 Å². The molecule has 76 valence electrons. The van der Waals surface area contributed by atoms with Gasteiger partial charge >= 0.3 is 0 Å². The van der Waals surface area contributed by atoms with E-state index in [1.807, 2.05) is 0 Å². The minimum absolute atomic E-state index is 0.391. The zero-order valence-corrected chi connectivity index (χ0v) is 8.04. The number of nitrogens with zero attached hydrogens (tertiary/aromatic N) is 2. The molecule has 14 heavy (non-hydrogen) atoms. The number of hydrogen-bond acceptors (Lipinski definition) is 3. The molecule has 1 aromatic heterocycles. The fourth-order valence-corrected chi connectivity index (χ4v) is 1.80. The van der Waals surface area contributed by atoms with Crippen LogP contribution >= 0.6 is 0 Å².